The molecule has 0 heterocycles. The summed E-state index contributed by atoms with van der Waals surface area (Å²) >= 11 is 0. The lowest BCUT2D eigenvalue weighted by Crippen LogP contribution is -2.24. The van der Waals surface area contributed by atoms with Gasteiger partial charge < -0.3 is 33.2 Å². The summed E-state index contributed by atoms with van der Waals surface area (Å²) in [7, 11) is 0. The van der Waals surface area contributed by atoms with Gasteiger partial charge in [-0.05, 0) is 42.4 Å². The van der Waals surface area contributed by atoms with Crippen LogP contribution in [0.1, 0.15) is 32.1 Å². The van der Waals surface area contributed by atoms with Crippen LogP contribution in [0.4, 0.5) is 0 Å². The van der Waals surface area contributed by atoms with Crippen LogP contribution in [0, 0.1) is 5.92 Å². The van der Waals surface area contributed by atoms with Crippen LogP contribution < -0.4 is 0 Å². The van der Waals surface area contributed by atoms with Gasteiger partial charge in [-0.2, -0.15) is 0 Å². The van der Waals surface area contributed by atoms with Crippen molar-refractivity contribution >= 4 is 0 Å². The van der Waals surface area contributed by atoms with E-state index in [1.54, 1.807) is 0 Å². The van der Waals surface area contributed by atoms with Gasteiger partial charge in [0.1, 0.15) is 25.7 Å². The summed E-state index contributed by atoms with van der Waals surface area (Å²) in [6, 6.07) is 0. The molecule has 202 valence electrons. The largest absolute Gasteiger partial charge is 0.502 e. The highest BCUT2D eigenvalue weighted by Gasteiger charge is 2.24. The van der Waals surface area contributed by atoms with Gasteiger partial charge >= 0.3 is 0 Å². The zero-order valence-electron chi connectivity index (χ0n) is 21.7. The molecule has 0 aromatic heterocycles. The lowest BCUT2D eigenvalue weighted by molar-refractivity contribution is 0.0620. The SMILES string of the molecule is C=CCCCCOCC1=CC(COCCCOC=C)=C(CO/C=C/OC=C)CC1COCCOC=C. The first-order valence-electron chi connectivity index (χ1n) is 12.5. The number of hydrogen-bond donors (Lipinski definition) is 0. The van der Waals surface area contributed by atoms with Crippen LogP contribution in [0.5, 0.6) is 0 Å². The Morgan fingerprint density at radius 1 is 0.722 bits per heavy atom. The maximum absolute atomic E-state index is 6.02. The Balaban J connectivity index is 2.85. The minimum Gasteiger partial charge on any atom is -0.502 e. The van der Waals surface area contributed by atoms with Crippen LogP contribution in [-0.4, -0.2) is 59.5 Å². The van der Waals surface area contributed by atoms with Crippen LogP contribution in [0.25, 0.3) is 0 Å². The maximum Gasteiger partial charge on any atom is 0.125 e. The van der Waals surface area contributed by atoms with Gasteiger partial charge in [-0.1, -0.05) is 31.9 Å². The van der Waals surface area contributed by atoms with Gasteiger partial charge in [-0.15, -0.1) is 6.58 Å². The molecule has 0 spiro atoms. The van der Waals surface area contributed by atoms with Crippen LogP contribution in [-0.2, 0) is 33.2 Å². The van der Waals surface area contributed by atoms with E-state index in [1.807, 2.05) is 6.08 Å². The van der Waals surface area contributed by atoms with E-state index in [2.05, 4.69) is 32.4 Å². The van der Waals surface area contributed by atoms with E-state index in [0.717, 1.165) is 49.9 Å². The van der Waals surface area contributed by atoms with Gasteiger partial charge in [0, 0.05) is 18.9 Å². The van der Waals surface area contributed by atoms with Gasteiger partial charge in [-0.3, -0.25) is 0 Å². The van der Waals surface area contributed by atoms with Crippen molar-refractivity contribution in [1.29, 1.82) is 0 Å². The molecule has 0 N–H and O–H groups in total. The van der Waals surface area contributed by atoms with Gasteiger partial charge in [-0.25, -0.2) is 0 Å². The van der Waals surface area contributed by atoms with Crippen LogP contribution in [0.3, 0.4) is 0 Å². The Morgan fingerprint density at radius 3 is 2.28 bits per heavy atom. The third kappa shape index (κ3) is 15.3. The fourth-order valence-electron chi connectivity index (χ4n) is 3.51. The Hall–Kier alpha value is -2.74. The van der Waals surface area contributed by atoms with Crippen molar-refractivity contribution in [3.63, 3.8) is 0 Å². The van der Waals surface area contributed by atoms with E-state index in [0.29, 0.717) is 52.9 Å². The molecule has 0 radical (unpaired) electrons. The van der Waals surface area contributed by atoms with Gasteiger partial charge in [0.05, 0.1) is 58.4 Å². The van der Waals surface area contributed by atoms with Crippen molar-refractivity contribution in [3.8, 4) is 0 Å². The maximum atomic E-state index is 6.02. The average molecular weight is 505 g/mol. The molecule has 1 atom stereocenters. The second kappa shape index (κ2) is 22.7. The zero-order chi connectivity index (χ0) is 26.1. The lowest BCUT2D eigenvalue weighted by Gasteiger charge is -2.28. The summed E-state index contributed by atoms with van der Waals surface area (Å²) in [4.78, 5) is 0. The quantitative estimate of drug-likeness (QED) is 0.0859. The number of unbranched alkanes of at least 4 members (excludes halogenated alkanes) is 2. The molecule has 1 aliphatic rings. The molecule has 1 unspecified atom stereocenters. The Kier molecular flexibility index (Phi) is 19.7. The molecule has 1 aliphatic carbocycles. The van der Waals surface area contributed by atoms with Crippen LogP contribution >= 0.6 is 0 Å². The Labute approximate surface area is 217 Å². The molecular formula is C29H44O7. The molecular weight excluding hydrogens is 460 g/mol. The van der Waals surface area contributed by atoms with Crippen LogP contribution in [0.15, 0.2) is 86.5 Å². The number of allylic oxidation sites excluding steroid dienone is 1. The summed E-state index contributed by atoms with van der Waals surface area (Å²) in [6.45, 7) is 19.3. The normalized spacial score (nSPS) is 15.3. The van der Waals surface area contributed by atoms with E-state index >= 15 is 0 Å². The first-order valence-corrected chi connectivity index (χ1v) is 12.5. The third-order valence-corrected chi connectivity index (χ3v) is 5.34. The average Bonchev–Trinajstić information content (AvgIpc) is 2.89. The first-order chi connectivity index (χ1) is 17.8. The monoisotopic (exact) mass is 504 g/mol. The minimum absolute atomic E-state index is 0.179. The Morgan fingerprint density at radius 2 is 1.50 bits per heavy atom. The Bertz CT molecular complexity index is 708. The summed E-state index contributed by atoms with van der Waals surface area (Å²) in [5.41, 5.74) is 3.46. The van der Waals surface area contributed by atoms with Crippen molar-refractivity contribution in [1.82, 2.24) is 0 Å². The number of rotatable bonds is 25. The second-order valence-electron chi connectivity index (χ2n) is 8.03. The van der Waals surface area contributed by atoms with Gasteiger partial charge in [0.15, 0.2) is 0 Å². The van der Waals surface area contributed by atoms with Crippen molar-refractivity contribution in [2.24, 2.45) is 5.92 Å². The standard InChI is InChI=1S/C29H44O7/c1-5-9-10-11-13-33-22-26-20-27(23-34-15-12-14-30-6-2)29(25-36-19-17-32-8-4)21-28(26)24-35-18-16-31-7-3/h5-8,17,19-20,28H,1-4,9-16,18,21-25H2/b19-17+. The lowest BCUT2D eigenvalue weighted by atomic mass is 9.84. The molecule has 0 fully saturated rings. The topological polar surface area (TPSA) is 64.6 Å². The van der Waals surface area contributed by atoms with Crippen molar-refractivity contribution in [2.75, 3.05) is 59.5 Å². The number of ether oxygens (including phenoxy) is 7. The van der Waals surface area contributed by atoms with Crippen molar-refractivity contribution < 1.29 is 33.2 Å². The van der Waals surface area contributed by atoms with E-state index in [-0.39, 0.29) is 5.92 Å². The number of hydrogen-bond acceptors (Lipinski definition) is 7. The van der Waals surface area contributed by atoms with E-state index in [1.165, 1.54) is 36.9 Å². The predicted octanol–water partition coefficient (Wildman–Crippen LogP) is 5.99. The fraction of sp³-hybridized carbons (Fsp3) is 0.517. The molecule has 7 nitrogen and oxygen atoms in total. The van der Waals surface area contributed by atoms with E-state index < -0.39 is 0 Å². The predicted molar refractivity (Wildman–Crippen MR) is 143 cm³/mol. The van der Waals surface area contributed by atoms with Crippen LogP contribution in [0.2, 0.25) is 0 Å². The molecule has 0 aromatic carbocycles. The molecule has 0 amide bonds. The van der Waals surface area contributed by atoms with Gasteiger partial charge in [0.25, 0.3) is 0 Å². The third-order valence-electron chi connectivity index (χ3n) is 5.34. The molecule has 7 heteroatoms. The molecule has 0 saturated carbocycles. The second-order valence-corrected chi connectivity index (χ2v) is 8.03. The molecule has 36 heavy (non-hydrogen) atoms. The summed E-state index contributed by atoms with van der Waals surface area (Å²) in [5.74, 6) is 0.179. The zero-order valence-corrected chi connectivity index (χ0v) is 21.7. The first kappa shape index (κ1) is 31.3. The summed E-state index contributed by atoms with van der Waals surface area (Å²) in [6.07, 6.45) is 16.0. The summed E-state index contributed by atoms with van der Waals surface area (Å²) in [5, 5.41) is 0. The summed E-state index contributed by atoms with van der Waals surface area (Å²) < 4.78 is 38.9. The molecule has 0 aromatic rings. The van der Waals surface area contributed by atoms with E-state index in [9.17, 15) is 0 Å². The molecule has 1 rings (SSSR count). The van der Waals surface area contributed by atoms with Crippen molar-refractivity contribution in [3.05, 3.63) is 86.5 Å². The minimum atomic E-state index is 0.179. The van der Waals surface area contributed by atoms with E-state index in [4.69, 9.17) is 33.2 Å². The van der Waals surface area contributed by atoms with Crippen molar-refractivity contribution in [2.45, 2.75) is 32.1 Å². The smallest absolute Gasteiger partial charge is 0.125 e. The fourth-order valence-corrected chi connectivity index (χ4v) is 3.51. The highest BCUT2D eigenvalue weighted by molar-refractivity contribution is 5.36. The highest BCUT2D eigenvalue weighted by Crippen LogP contribution is 2.31. The molecule has 0 saturated heterocycles. The molecule has 0 aliphatic heterocycles. The highest BCUT2D eigenvalue weighted by atomic mass is 16.5. The molecule has 0 bridgehead atoms. The van der Waals surface area contributed by atoms with Gasteiger partial charge in [0.2, 0.25) is 0 Å².